The summed E-state index contributed by atoms with van der Waals surface area (Å²) in [7, 11) is 0. The lowest BCUT2D eigenvalue weighted by atomic mass is 9.99. The summed E-state index contributed by atoms with van der Waals surface area (Å²) in [6.45, 7) is 4.15. The molecule has 0 radical (unpaired) electrons. The molecule has 0 aromatic carbocycles. The van der Waals surface area contributed by atoms with Crippen molar-refractivity contribution in [3.05, 3.63) is 0 Å². The standard InChI is InChI=1S/C12H24N2O.ClH/c1-3-6-11(13)12(15)14-9(2)10-7-4-5-8-10;/h9-11H,3-8,13H2,1-2H3,(H,14,15);1H. The van der Waals surface area contributed by atoms with Crippen LogP contribution in [-0.2, 0) is 4.79 Å². The molecule has 0 aliphatic heterocycles. The van der Waals surface area contributed by atoms with Crippen LogP contribution in [0.1, 0.15) is 52.4 Å². The zero-order chi connectivity index (χ0) is 11.3. The Labute approximate surface area is 105 Å². The van der Waals surface area contributed by atoms with Crippen LogP contribution in [0.3, 0.4) is 0 Å². The molecule has 0 aromatic heterocycles. The Morgan fingerprint density at radius 1 is 1.44 bits per heavy atom. The molecule has 0 spiro atoms. The number of carbonyl (C=O) groups excluding carboxylic acids is 1. The number of amides is 1. The fourth-order valence-electron chi connectivity index (χ4n) is 2.35. The third-order valence-corrected chi connectivity index (χ3v) is 3.41. The zero-order valence-electron chi connectivity index (χ0n) is 10.4. The van der Waals surface area contributed by atoms with Crippen LogP contribution in [0, 0.1) is 5.92 Å². The monoisotopic (exact) mass is 248 g/mol. The molecule has 0 bridgehead atoms. The smallest absolute Gasteiger partial charge is 0.237 e. The van der Waals surface area contributed by atoms with Crippen molar-refractivity contribution >= 4 is 18.3 Å². The van der Waals surface area contributed by atoms with Crippen LogP contribution < -0.4 is 11.1 Å². The molecule has 1 fully saturated rings. The Balaban J connectivity index is 0.00000225. The molecule has 2 unspecified atom stereocenters. The molecule has 1 aliphatic rings. The SMILES string of the molecule is CCCC(N)C(=O)NC(C)C1CCCC1.Cl. The van der Waals surface area contributed by atoms with Crippen molar-refractivity contribution in [1.82, 2.24) is 5.32 Å². The highest BCUT2D eigenvalue weighted by Gasteiger charge is 2.24. The minimum Gasteiger partial charge on any atom is -0.352 e. The second kappa shape index (κ2) is 7.91. The molecule has 4 heteroatoms. The second-order valence-corrected chi connectivity index (χ2v) is 4.74. The van der Waals surface area contributed by atoms with Gasteiger partial charge >= 0.3 is 0 Å². The molecule has 1 rings (SSSR count). The second-order valence-electron chi connectivity index (χ2n) is 4.74. The number of halogens is 1. The largest absolute Gasteiger partial charge is 0.352 e. The lowest BCUT2D eigenvalue weighted by molar-refractivity contribution is -0.123. The molecule has 3 nitrogen and oxygen atoms in total. The highest BCUT2D eigenvalue weighted by atomic mass is 35.5. The molecule has 2 atom stereocenters. The lowest BCUT2D eigenvalue weighted by Gasteiger charge is -2.22. The van der Waals surface area contributed by atoms with E-state index in [0.29, 0.717) is 12.0 Å². The summed E-state index contributed by atoms with van der Waals surface area (Å²) in [6.07, 6.45) is 6.88. The van der Waals surface area contributed by atoms with Gasteiger partial charge in [0.2, 0.25) is 5.91 Å². The predicted molar refractivity (Wildman–Crippen MR) is 69.7 cm³/mol. The van der Waals surface area contributed by atoms with Crippen molar-refractivity contribution in [1.29, 1.82) is 0 Å². The van der Waals surface area contributed by atoms with Gasteiger partial charge in [-0.3, -0.25) is 4.79 Å². The van der Waals surface area contributed by atoms with Crippen LogP contribution in [0.15, 0.2) is 0 Å². The third kappa shape index (κ3) is 4.71. The summed E-state index contributed by atoms with van der Waals surface area (Å²) >= 11 is 0. The first-order valence-electron chi connectivity index (χ1n) is 6.21. The summed E-state index contributed by atoms with van der Waals surface area (Å²) in [5.41, 5.74) is 5.76. The van der Waals surface area contributed by atoms with Gasteiger partial charge in [-0.2, -0.15) is 0 Å². The highest BCUT2D eigenvalue weighted by molar-refractivity contribution is 5.85. The maximum absolute atomic E-state index is 11.7. The summed E-state index contributed by atoms with van der Waals surface area (Å²) in [5.74, 6) is 0.694. The Kier molecular flexibility index (Phi) is 7.77. The van der Waals surface area contributed by atoms with Crippen LogP contribution in [0.2, 0.25) is 0 Å². The summed E-state index contributed by atoms with van der Waals surface area (Å²) in [5, 5.41) is 3.04. The van der Waals surface area contributed by atoms with Gasteiger partial charge in [0.15, 0.2) is 0 Å². The molecule has 1 aliphatic carbocycles. The van der Waals surface area contributed by atoms with E-state index in [1.165, 1.54) is 25.7 Å². The van der Waals surface area contributed by atoms with E-state index >= 15 is 0 Å². The van der Waals surface area contributed by atoms with Crippen molar-refractivity contribution in [2.75, 3.05) is 0 Å². The van der Waals surface area contributed by atoms with Gasteiger partial charge in [0.05, 0.1) is 6.04 Å². The Morgan fingerprint density at radius 3 is 2.50 bits per heavy atom. The van der Waals surface area contributed by atoms with Crippen LogP contribution in [0.25, 0.3) is 0 Å². The van der Waals surface area contributed by atoms with E-state index in [0.717, 1.165) is 12.8 Å². The van der Waals surface area contributed by atoms with Gasteiger partial charge < -0.3 is 11.1 Å². The number of nitrogens with one attached hydrogen (secondary N) is 1. The van der Waals surface area contributed by atoms with Crippen molar-refractivity contribution in [2.24, 2.45) is 11.7 Å². The van der Waals surface area contributed by atoms with Gasteiger partial charge in [0.25, 0.3) is 0 Å². The predicted octanol–water partition coefficient (Wildman–Crippen LogP) is 2.23. The van der Waals surface area contributed by atoms with Crippen molar-refractivity contribution in [3.63, 3.8) is 0 Å². The lowest BCUT2D eigenvalue weighted by Crippen LogP contribution is -2.46. The van der Waals surface area contributed by atoms with Crippen LogP contribution in [0.4, 0.5) is 0 Å². The van der Waals surface area contributed by atoms with E-state index in [9.17, 15) is 4.79 Å². The molecular weight excluding hydrogens is 224 g/mol. The molecular formula is C12H25ClN2O. The van der Waals surface area contributed by atoms with Gasteiger partial charge in [-0.25, -0.2) is 0 Å². The van der Waals surface area contributed by atoms with Crippen LogP contribution in [-0.4, -0.2) is 18.0 Å². The van der Waals surface area contributed by atoms with Crippen molar-refractivity contribution in [3.8, 4) is 0 Å². The van der Waals surface area contributed by atoms with E-state index in [1.54, 1.807) is 0 Å². The topological polar surface area (TPSA) is 55.1 Å². The number of carbonyl (C=O) groups is 1. The van der Waals surface area contributed by atoms with E-state index in [-0.39, 0.29) is 24.4 Å². The number of rotatable bonds is 5. The van der Waals surface area contributed by atoms with Gasteiger partial charge in [-0.05, 0) is 32.1 Å². The van der Waals surface area contributed by atoms with Gasteiger partial charge in [-0.1, -0.05) is 26.2 Å². The molecule has 1 saturated carbocycles. The van der Waals surface area contributed by atoms with Gasteiger partial charge in [0, 0.05) is 6.04 Å². The average Bonchev–Trinajstić information content (AvgIpc) is 2.70. The van der Waals surface area contributed by atoms with Crippen molar-refractivity contribution < 1.29 is 4.79 Å². The first-order chi connectivity index (χ1) is 7.15. The Bertz CT molecular complexity index is 205. The number of hydrogen-bond donors (Lipinski definition) is 2. The van der Waals surface area contributed by atoms with E-state index in [4.69, 9.17) is 5.73 Å². The molecule has 96 valence electrons. The van der Waals surface area contributed by atoms with E-state index in [2.05, 4.69) is 12.2 Å². The maximum Gasteiger partial charge on any atom is 0.237 e. The van der Waals surface area contributed by atoms with Crippen molar-refractivity contribution in [2.45, 2.75) is 64.5 Å². The first-order valence-corrected chi connectivity index (χ1v) is 6.21. The normalized spacial score (nSPS) is 19.9. The van der Waals surface area contributed by atoms with Gasteiger partial charge in [-0.15, -0.1) is 12.4 Å². The molecule has 0 saturated heterocycles. The van der Waals surface area contributed by atoms with E-state index in [1.807, 2.05) is 6.92 Å². The van der Waals surface area contributed by atoms with Crippen LogP contribution in [0.5, 0.6) is 0 Å². The molecule has 3 N–H and O–H groups in total. The van der Waals surface area contributed by atoms with Crippen LogP contribution >= 0.6 is 12.4 Å². The third-order valence-electron chi connectivity index (χ3n) is 3.41. The molecule has 1 amide bonds. The quantitative estimate of drug-likeness (QED) is 0.784. The summed E-state index contributed by atoms with van der Waals surface area (Å²) in [4.78, 5) is 11.7. The maximum atomic E-state index is 11.7. The fraction of sp³-hybridized carbons (Fsp3) is 0.917. The highest BCUT2D eigenvalue weighted by Crippen LogP contribution is 2.27. The Hall–Kier alpha value is -0.280. The molecule has 0 aromatic rings. The minimum atomic E-state index is -0.321. The zero-order valence-corrected chi connectivity index (χ0v) is 11.2. The van der Waals surface area contributed by atoms with E-state index < -0.39 is 0 Å². The fourth-order valence-corrected chi connectivity index (χ4v) is 2.35. The van der Waals surface area contributed by atoms with Gasteiger partial charge in [0.1, 0.15) is 0 Å². The summed E-state index contributed by atoms with van der Waals surface area (Å²) < 4.78 is 0. The number of hydrogen-bond acceptors (Lipinski definition) is 2. The first kappa shape index (κ1) is 15.7. The average molecular weight is 249 g/mol. The summed E-state index contributed by atoms with van der Waals surface area (Å²) in [6, 6.07) is -0.0261. The Morgan fingerprint density at radius 2 is 2.00 bits per heavy atom. The molecule has 0 heterocycles. The number of nitrogens with two attached hydrogens (primary N) is 1. The minimum absolute atomic E-state index is 0. The molecule has 16 heavy (non-hydrogen) atoms.